The molecule has 21 heteroatoms. The lowest BCUT2D eigenvalue weighted by Crippen LogP contribution is -2.46. The number of esters is 1. The van der Waals surface area contributed by atoms with Crippen molar-refractivity contribution >= 4 is 47.7 Å². The fourth-order valence-corrected chi connectivity index (χ4v) is 8.11. The molecule has 2 aromatic rings. The van der Waals surface area contributed by atoms with Crippen LogP contribution in [0.3, 0.4) is 0 Å². The van der Waals surface area contributed by atoms with Crippen LogP contribution < -0.4 is 26.6 Å². The minimum absolute atomic E-state index is 0.0696. The van der Waals surface area contributed by atoms with E-state index in [-0.39, 0.29) is 30.4 Å². The van der Waals surface area contributed by atoms with E-state index in [0.29, 0.717) is 108 Å². The molecule has 394 valence electrons. The minimum Gasteiger partial charge on any atom is -0.458 e. The predicted molar refractivity (Wildman–Crippen MR) is 267 cm³/mol. The maximum atomic E-state index is 13.4. The molecule has 70 heavy (non-hydrogen) atoms. The fraction of sp³-hybridized carbons (Fsp3) is 0.776. The topological polar surface area (TPSA) is 251 Å². The van der Waals surface area contributed by atoms with Gasteiger partial charge in [-0.1, -0.05) is 24.5 Å². The van der Waals surface area contributed by atoms with Crippen molar-refractivity contribution in [3.8, 4) is 0 Å². The Labute approximate surface area is 415 Å². The first-order valence-electron chi connectivity index (χ1n) is 25.1. The van der Waals surface area contributed by atoms with Crippen LogP contribution in [0.2, 0.25) is 0 Å². The van der Waals surface area contributed by atoms with Crippen molar-refractivity contribution in [2.24, 2.45) is 5.92 Å². The molecule has 1 saturated carbocycles. The zero-order valence-electron chi connectivity index (χ0n) is 44.2. The largest absolute Gasteiger partial charge is 0.458 e. The summed E-state index contributed by atoms with van der Waals surface area (Å²) in [6.07, 6.45) is 8.73. The number of anilines is 3. The highest BCUT2D eigenvalue weighted by Crippen LogP contribution is 2.26. The molecule has 1 atom stereocenters. The second-order valence-electron chi connectivity index (χ2n) is 22.4. The Morgan fingerprint density at radius 2 is 1.37 bits per heavy atom. The lowest BCUT2D eigenvalue weighted by Gasteiger charge is -2.36. The Hall–Kier alpha value is -5.63. The molecular formula is C49H84N12O9. The zero-order valence-corrected chi connectivity index (χ0v) is 44.2. The lowest BCUT2D eigenvalue weighted by molar-refractivity contribution is -0.157. The van der Waals surface area contributed by atoms with Crippen LogP contribution >= 0.6 is 0 Å². The van der Waals surface area contributed by atoms with Crippen molar-refractivity contribution in [1.82, 2.24) is 45.4 Å². The summed E-state index contributed by atoms with van der Waals surface area (Å²) in [5.74, 6) is 0.430. The number of hydrogen-bond acceptors (Lipinski definition) is 16. The molecule has 2 aromatic heterocycles. The number of nitrogen functional groups attached to an aromatic ring is 1. The van der Waals surface area contributed by atoms with Gasteiger partial charge in [0.2, 0.25) is 11.9 Å². The molecule has 0 radical (unpaired) electrons. The number of nitrogens with two attached hydrogens (primary N) is 1. The van der Waals surface area contributed by atoms with E-state index in [1.807, 2.05) is 52.6 Å². The van der Waals surface area contributed by atoms with E-state index in [9.17, 15) is 24.0 Å². The minimum atomic E-state index is -0.927. The summed E-state index contributed by atoms with van der Waals surface area (Å²) in [6.45, 7) is 25.3. The number of alkyl carbamates (subject to hydrolysis) is 1. The summed E-state index contributed by atoms with van der Waals surface area (Å²) in [5.41, 5.74) is 4.15. The average molecular weight is 985 g/mol. The van der Waals surface area contributed by atoms with Crippen molar-refractivity contribution in [2.75, 3.05) is 55.2 Å². The van der Waals surface area contributed by atoms with Gasteiger partial charge in [0.25, 0.3) is 0 Å². The number of nitrogens with zero attached hydrogens (tertiary/aromatic N) is 8. The van der Waals surface area contributed by atoms with Crippen molar-refractivity contribution < 1.29 is 42.9 Å². The highest BCUT2D eigenvalue weighted by atomic mass is 16.6. The van der Waals surface area contributed by atoms with E-state index in [4.69, 9.17) is 29.7 Å². The first-order valence-corrected chi connectivity index (χ1v) is 25.1. The molecule has 4 amide bonds. The Morgan fingerprint density at radius 3 is 2.00 bits per heavy atom. The number of hydrogen-bond donors (Lipinski definition) is 4. The maximum absolute atomic E-state index is 13.4. The van der Waals surface area contributed by atoms with Gasteiger partial charge in [-0.15, -0.1) is 5.10 Å². The van der Waals surface area contributed by atoms with Gasteiger partial charge in [-0.05, 0) is 134 Å². The molecule has 21 nitrogen and oxygen atoms in total. The van der Waals surface area contributed by atoms with Crippen LogP contribution in [-0.4, -0.2) is 139 Å². The number of rotatable bonds is 20. The molecule has 1 aliphatic carbocycles. The van der Waals surface area contributed by atoms with E-state index >= 15 is 0 Å². The summed E-state index contributed by atoms with van der Waals surface area (Å²) < 4.78 is 24.2. The van der Waals surface area contributed by atoms with Gasteiger partial charge < -0.3 is 55.3 Å². The number of amides is 4. The van der Waals surface area contributed by atoms with E-state index in [1.54, 1.807) is 57.2 Å². The summed E-state index contributed by atoms with van der Waals surface area (Å²) in [6, 6.07) is 0.914. The molecular weight excluding hydrogens is 901 g/mol. The average Bonchev–Trinajstić information content (AvgIpc) is 3.70. The first kappa shape index (κ1) is 57.0. The zero-order chi connectivity index (χ0) is 51.9. The van der Waals surface area contributed by atoms with Crippen LogP contribution in [0.25, 0.3) is 0 Å². The Morgan fingerprint density at radius 1 is 0.757 bits per heavy atom. The van der Waals surface area contributed by atoms with Gasteiger partial charge in [0, 0.05) is 63.8 Å². The Balaban J connectivity index is 1.24. The Kier molecular flexibility index (Phi) is 20.7. The van der Waals surface area contributed by atoms with Gasteiger partial charge in [-0.2, -0.15) is 9.97 Å². The van der Waals surface area contributed by atoms with Crippen LogP contribution in [0.1, 0.15) is 159 Å². The Bertz CT molecular complexity index is 2010. The van der Waals surface area contributed by atoms with Crippen molar-refractivity contribution in [3.05, 3.63) is 18.0 Å². The second-order valence-corrected chi connectivity index (χ2v) is 22.4. The number of carbonyl (C=O) groups excluding carboxylic acids is 5. The van der Waals surface area contributed by atoms with Crippen molar-refractivity contribution in [3.63, 3.8) is 0 Å². The summed E-state index contributed by atoms with van der Waals surface area (Å²) >= 11 is 0. The second kappa shape index (κ2) is 25.5. The van der Waals surface area contributed by atoms with Crippen LogP contribution in [0, 0.1) is 5.92 Å². The van der Waals surface area contributed by atoms with Crippen molar-refractivity contribution in [1.29, 1.82) is 0 Å². The lowest BCUT2D eigenvalue weighted by atomic mass is 9.94. The maximum Gasteiger partial charge on any atom is 0.410 e. The van der Waals surface area contributed by atoms with Gasteiger partial charge in [0.05, 0.1) is 12.7 Å². The molecule has 3 heterocycles. The summed E-state index contributed by atoms with van der Waals surface area (Å²) in [4.78, 5) is 79.9. The number of aromatic nitrogens is 5. The molecule has 0 spiro atoms. The number of carbonyl (C=O) groups is 5. The normalized spacial score (nSPS) is 15.6. The third kappa shape index (κ3) is 21.2. The third-order valence-electron chi connectivity index (χ3n) is 11.2. The number of aryl methyl sites for hydroxylation is 1. The first-order chi connectivity index (χ1) is 32.6. The molecule has 0 bridgehead atoms. The quantitative estimate of drug-likeness (QED) is 0.0582. The highest BCUT2D eigenvalue weighted by molar-refractivity contribution is 5.82. The fourth-order valence-electron chi connectivity index (χ4n) is 8.11. The molecule has 2 fully saturated rings. The van der Waals surface area contributed by atoms with Gasteiger partial charge in [0.1, 0.15) is 45.8 Å². The third-order valence-corrected chi connectivity index (χ3v) is 11.2. The standard InChI is InChI=1S/C49H84N12O9/c1-46(2,3)67-41(63)37(53-43(64)68-47(4,5)6)21-16-24-51-40(62)34-22-29-58(30-23-34)39-31-38(50)54-42(55-39)52-32-35-33-60(57-56-35)27-17-25-59(44(65)69-48(7,8)9)26-18-28-61(36-19-14-13-15-20-36)45(66)70-49(10,11)12/h31,33-34,36-37H,13-30,32H2,1-12H3,(H,51,62)(H,53,64)(H3,50,52,54,55)/t37-/m0/s1. The van der Waals surface area contributed by atoms with Gasteiger partial charge in [-0.3, -0.25) is 9.48 Å². The molecule has 5 N–H and O–H groups in total. The van der Waals surface area contributed by atoms with Crippen LogP contribution in [-0.2, 0) is 41.6 Å². The summed E-state index contributed by atoms with van der Waals surface area (Å²) in [7, 11) is 0. The van der Waals surface area contributed by atoms with Crippen LogP contribution in [0.4, 0.5) is 32.0 Å². The molecule has 2 aliphatic rings. The molecule has 1 aliphatic heterocycles. The van der Waals surface area contributed by atoms with Crippen LogP contribution in [0.15, 0.2) is 12.3 Å². The highest BCUT2D eigenvalue weighted by Gasteiger charge is 2.32. The smallest absolute Gasteiger partial charge is 0.410 e. The van der Waals surface area contributed by atoms with E-state index in [0.717, 1.165) is 25.7 Å². The number of ether oxygens (including phenoxy) is 4. The van der Waals surface area contributed by atoms with E-state index < -0.39 is 46.6 Å². The summed E-state index contributed by atoms with van der Waals surface area (Å²) in [5, 5.41) is 17.5. The van der Waals surface area contributed by atoms with Gasteiger partial charge >= 0.3 is 24.2 Å². The molecule has 0 aromatic carbocycles. The van der Waals surface area contributed by atoms with E-state index in [2.05, 4.69) is 36.1 Å². The number of piperidine rings is 1. The van der Waals surface area contributed by atoms with Gasteiger partial charge in [-0.25, -0.2) is 19.2 Å². The number of nitrogens with one attached hydrogen (secondary N) is 3. The van der Waals surface area contributed by atoms with E-state index in [1.165, 1.54) is 6.42 Å². The SMILES string of the molecule is CC(C)(C)OC(=O)N[C@@H](CCCNC(=O)C1CCN(c2cc(N)nc(NCc3cn(CCCN(CCCN(C(=O)OC(C)(C)C)C4CCCCC4)C(=O)OC(C)(C)C)nn3)n2)CC1)C(=O)OC(C)(C)C. The molecule has 1 saturated heterocycles. The predicted octanol–water partition coefficient (Wildman–Crippen LogP) is 7.20. The monoisotopic (exact) mass is 985 g/mol. The van der Waals surface area contributed by atoms with Crippen LogP contribution in [0.5, 0.6) is 0 Å². The molecule has 0 unspecified atom stereocenters. The van der Waals surface area contributed by atoms with Crippen molar-refractivity contribution in [2.45, 2.75) is 201 Å². The van der Waals surface area contributed by atoms with Gasteiger partial charge in [0.15, 0.2) is 0 Å². The molecule has 4 rings (SSSR count).